The Morgan fingerprint density at radius 1 is 1.57 bits per heavy atom. The molecule has 2 rings (SSSR count). The molecule has 0 bridgehead atoms. The van der Waals surface area contributed by atoms with Gasteiger partial charge >= 0.3 is 0 Å². The number of rotatable bonds is 3. The first kappa shape index (κ1) is 17.0. The number of likely N-dealkylation sites (N-methyl/N-ethyl adjacent to an activating group) is 1. The second-order valence-corrected chi connectivity index (χ2v) is 8.02. The van der Waals surface area contributed by atoms with E-state index in [0.717, 1.165) is 10.4 Å². The Hall–Kier alpha value is -0.410. The minimum Gasteiger partial charge on any atom is -0.395 e. The van der Waals surface area contributed by atoms with Crippen LogP contribution < -0.4 is 5.73 Å². The fraction of sp³-hybridized carbons (Fsp3) is 0.500. The lowest BCUT2D eigenvalue weighted by Gasteiger charge is -2.26. The van der Waals surface area contributed by atoms with Crippen molar-refractivity contribution in [3.05, 3.63) is 21.4 Å². The van der Waals surface area contributed by atoms with E-state index in [1.165, 1.54) is 7.05 Å². The van der Waals surface area contributed by atoms with Crippen LogP contribution in [0.15, 0.2) is 15.4 Å². The molecular formula is C12H15BrClFN2O3S. The zero-order chi connectivity index (χ0) is 15.9. The number of nitrogens with zero attached hydrogens (tertiary/aromatic N) is 1. The van der Waals surface area contributed by atoms with Crippen LogP contribution in [0.2, 0.25) is 5.02 Å². The normalized spacial score (nSPS) is 23.0. The number of hydrogen-bond acceptors (Lipinski definition) is 4. The molecule has 5 nitrogen and oxygen atoms in total. The lowest BCUT2D eigenvalue weighted by molar-refractivity contribution is 0.102. The van der Waals surface area contributed by atoms with Gasteiger partial charge in [0, 0.05) is 13.7 Å². The third kappa shape index (κ3) is 2.92. The summed E-state index contributed by atoms with van der Waals surface area (Å²) >= 11 is 8.91. The molecule has 1 aromatic carbocycles. The second kappa shape index (κ2) is 6.00. The Labute approximate surface area is 136 Å². The lowest BCUT2D eigenvalue weighted by atomic mass is 10.2. The summed E-state index contributed by atoms with van der Waals surface area (Å²) in [6, 6.07) is 0.710. The van der Waals surface area contributed by atoms with Crippen molar-refractivity contribution < 1.29 is 17.5 Å². The molecule has 0 saturated carbocycles. The standard InChI is InChI=1S/C12H15BrClFN2O3S/c1-6-8(3-4-20-6)17(2)21(18,19)9-5-7(14)10(13)12(16)11(9)15/h5-6,8H,3-4,16H2,1-2H3. The van der Waals surface area contributed by atoms with Gasteiger partial charge in [-0.3, -0.25) is 0 Å². The summed E-state index contributed by atoms with van der Waals surface area (Å²) in [6.45, 7) is 2.25. The molecule has 21 heavy (non-hydrogen) atoms. The molecule has 2 unspecified atom stereocenters. The van der Waals surface area contributed by atoms with Crippen molar-refractivity contribution in [3.63, 3.8) is 0 Å². The van der Waals surface area contributed by atoms with Gasteiger partial charge in [-0.2, -0.15) is 4.31 Å². The molecule has 1 aliphatic heterocycles. The fourth-order valence-electron chi connectivity index (χ4n) is 2.32. The Morgan fingerprint density at radius 3 is 2.71 bits per heavy atom. The summed E-state index contributed by atoms with van der Waals surface area (Å²) in [4.78, 5) is -0.533. The van der Waals surface area contributed by atoms with Gasteiger partial charge in [0.2, 0.25) is 10.0 Å². The molecule has 0 aromatic heterocycles. The molecular weight excluding hydrogens is 387 g/mol. The van der Waals surface area contributed by atoms with E-state index in [2.05, 4.69) is 15.9 Å². The van der Waals surface area contributed by atoms with Crippen molar-refractivity contribution in [2.45, 2.75) is 30.4 Å². The number of nitrogens with two attached hydrogens (primary N) is 1. The minimum absolute atomic E-state index is 0.0385. The smallest absolute Gasteiger partial charge is 0.246 e. The zero-order valence-electron chi connectivity index (χ0n) is 11.4. The number of hydrogen-bond donors (Lipinski definition) is 1. The van der Waals surface area contributed by atoms with Gasteiger partial charge < -0.3 is 10.5 Å². The molecule has 118 valence electrons. The van der Waals surface area contributed by atoms with Crippen molar-refractivity contribution >= 4 is 43.2 Å². The fourth-order valence-corrected chi connectivity index (χ4v) is 4.43. The second-order valence-electron chi connectivity index (χ2n) is 4.85. The largest absolute Gasteiger partial charge is 0.395 e. The Bertz CT molecular complexity index is 671. The molecule has 2 atom stereocenters. The maximum atomic E-state index is 14.2. The average Bonchev–Trinajstić information content (AvgIpc) is 2.85. The van der Waals surface area contributed by atoms with Crippen molar-refractivity contribution in [2.24, 2.45) is 0 Å². The van der Waals surface area contributed by atoms with E-state index in [4.69, 9.17) is 22.1 Å². The molecule has 0 amide bonds. The van der Waals surface area contributed by atoms with Crippen LogP contribution in [0.3, 0.4) is 0 Å². The third-order valence-corrected chi connectivity index (χ3v) is 6.88. The number of ether oxygens (including phenoxy) is 1. The Kier molecular flexibility index (Phi) is 4.84. The van der Waals surface area contributed by atoms with Gasteiger partial charge in [0.25, 0.3) is 0 Å². The first-order valence-corrected chi connectivity index (χ1v) is 8.81. The van der Waals surface area contributed by atoms with Crippen LogP contribution in [0.5, 0.6) is 0 Å². The highest BCUT2D eigenvalue weighted by Crippen LogP contribution is 2.36. The van der Waals surface area contributed by atoms with E-state index < -0.39 is 20.7 Å². The monoisotopic (exact) mass is 400 g/mol. The average molecular weight is 402 g/mol. The lowest BCUT2D eigenvalue weighted by Crippen LogP contribution is -2.41. The van der Waals surface area contributed by atoms with E-state index in [1.54, 1.807) is 6.92 Å². The SMILES string of the molecule is CC1OCCC1N(C)S(=O)(=O)c1cc(Cl)c(Br)c(N)c1F. The maximum Gasteiger partial charge on any atom is 0.246 e. The topological polar surface area (TPSA) is 72.6 Å². The summed E-state index contributed by atoms with van der Waals surface area (Å²) < 4.78 is 46.0. The highest BCUT2D eigenvalue weighted by Gasteiger charge is 2.37. The van der Waals surface area contributed by atoms with Gasteiger partial charge in [-0.25, -0.2) is 12.8 Å². The van der Waals surface area contributed by atoms with Gasteiger partial charge in [0.05, 0.1) is 27.3 Å². The van der Waals surface area contributed by atoms with Gasteiger partial charge in [-0.05, 0) is 35.3 Å². The number of anilines is 1. The van der Waals surface area contributed by atoms with E-state index in [-0.39, 0.29) is 27.3 Å². The van der Waals surface area contributed by atoms with Crippen LogP contribution >= 0.6 is 27.5 Å². The van der Waals surface area contributed by atoms with Gasteiger partial charge in [-0.1, -0.05) is 11.6 Å². The van der Waals surface area contributed by atoms with Crippen molar-refractivity contribution in [2.75, 3.05) is 19.4 Å². The van der Waals surface area contributed by atoms with Crippen LogP contribution in [-0.4, -0.2) is 38.5 Å². The van der Waals surface area contributed by atoms with E-state index in [1.807, 2.05) is 0 Å². The zero-order valence-corrected chi connectivity index (χ0v) is 14.6. The van der Waals surface area contributed by atoms with E-state index >= 15 is 0 Å². The van der Waals surface area contributed by atoms with Crippen LogP contribution in [0.25, 0.3) is 0 Å². The molecule has 1 heterocycles. The highest BCUT2D eigenvalue weighted by molar-refractivity contribution is 9.10. The quantitative estimate of drug-likeness (QED) is 0.624. The van der Waals surface area contributed by atoms with Crippen LogP contribution in [0.1, 0.15) is 13.3 Å². The summed E-state index contributed by atoms with van der Waals surface area (Å²) in [5, 5.41) is 0.0385. The molecule has 0 radical (unpaired) electrons. The molecule has 1 aliphatic rings. The summed E-state index contributed by atoms with van der Waals surface area (Å²) in [7, 11) is -2.66. The van der Waals surface area contributed by atoms with Crippen molar-refractivity contribution in [1.29, 1.82) is 0 Å². The van der Waals surface area contributed by atoms with E-state index in [0.29, 0.717) is 13.0 Å². The molecule has 1 saturated heterocycles. The highest BCUT2D eigenvalue weighted by atomic mass is 79.9. The number of nitrogen functional groups attached to an aromatic ring is 1. The summed E-state index contributed by atoms with van der Waals surface area (Å²) in [5.41, 5.74) is 5.22. The van der Waals surface area contributed by atoms with Gasteiger partial charge in [0.15, 0.2) is 5.82 Å². The predicted octanol–water partition coefficient (Wildman–Crippen LogP) is 2.62. The predicted molar refractivity (Wildman–Crippen MR) is 82.3 cm³/mol. The van der Waals surface area contributed by atoms with Gasteiger partial charge in [-0.15, -0.1) is 0 Å². The molecule has 2 N–H and O–H groups in total. The summed E-state index contributed by atoms with van der Waals surface area (Å²) in [6.07, 6.45) is 0.300. The van der Waals surface area contributed by atoms with Crippen LogP contribution in [0.4, 0.5) is 10.1 Å². The van der Waals surface area contributed by atoms with Crippen molar-refractivity contribution in [3.8, 4) is 0 Å². The first-order chi connectivity index (χ1) is 9.67. The summed E-state index contributed by atoms with van der Waals surface area (Å²) in [5.74, 6) is -1.01. The minimum atomic E-state index is -4.05. The number of sulfonamides is 1. The molecule has 9 heteroatoms. The van der Waals surface area contributed by atoms with Crippen LogP contribution in [-0.2, 0) is 14.8 Å². The first-order valence-electron chi connectivity index (χ1n) is 6.20. The maximum absolute atomic E-state index is 14.2. The Balaban J connectivity index is 2.49. The van der Waals surface area contributed by atoms with Gasteiger partial charge in [0.1, 0.15) is 4.90 Å². The molecule has 0 aliphatic carbocycles. The van der Waals surface area contributed by atoms with Crippen molar-refractivity contribution in [1.82, 2.24) is 4.31 Å². The molecule has 0 spiro atoms. The number of halogens is 3. The Morgan fingerprint density at radius 2 is 2.19 bits per heavy atom. The third-order valence-electron chi connectivity index (χ3n) is 3.62. The molecule has 1 aromatic rings. The number of benzene rings is 1. The van der Waals surface area contributed by atoms with Crippen LogP contribution in [0, 0.1) is 5.82 Å². The molecule has 1 fully saturated rings. The van der Waals surface area contributed by atoms with E-state index in [9.17, 15) is 12.8 Å².